The highest BCUT2D eigenvalue weighted by atomic mass is 16.4. The Morgan fingerprint density at radius 2 is 1.59 bits per heavy atom. The second kappa shape index (κ2) is 7.06. The average Bonchev–Trinajstić information content (AvgIpc) is 2.46. The first-order valence-electron chi connectivity index (χ1n) is 6.98. The first kappa shape index (κ1) is 17.7. The molecule has 0 atom stereocenters. The van der Waals surface area contributed by atoms with Gasteiger partial charge in [-0.2, -0.15) is 0 Å². The molecule has 1 aromatic carbocycles. The molecule has 0 aromatic heterocycles. The number of hydrogen-bond donors (Lipinski definition) is 2. The summed E-state index contributed by atoms with van der Waals surface area (Å²) in [6.45, 7) is 3.50. The molecule has 6 heteroatoms. The van der Waals surface area contributed by atoms with Crippen molar-refractivity contribution in [3.8, 4) is 0 Å². The second-order valence-corrected chi connectivity index (χ2v) is 5.97. The molecule has 0 radical (unpaired) electrons. The minimum Gasteiger partial charge on any atom is -0.481 e. The molecule has 1 aromatic rings. The molecule has 22 heavy (non-hydrogen) atoms. The number of carbonyl (C=O) groups excluding carboxylic acids is 2. The van der Waals surface area contributed by atoms with E-state index < -0.39 is 11.4 Å². The zero-order valence-electron chi connectivity index (χ0n) is 13.3. The van der Waals surface area contributed by atoms with Crippen molar-refractivity contribution < 1.29 is 19.5 Å². The Morgan fingerprint density at radius 3 is 2.05 bits per heavy atom. The largest absolute Gasteiger partial charge is 0.481 e. The van der Waals surface area contributed by atoms with Crippen LogP contribution in [-0.4, -0.2) is 48.4 Å². The Balaban J connectivity index is 2.60. The van der Waals surface area contributed by atoms with Crippen molar-refractivity contribution >= 4 is 17.8 Å². The molecule has 0 heterocycles. The van der Waals surface area contributed by atoms with E-state index in [0.717, 1.165) is 0 Å². The van der Waals surface area contributed by atoms with Crippen molar-refractivity contribution in [1.29, 1.82) is 0 Å². The van der Waals surface area contributed by atoms with Crippen molar-refractivity contribution in [2.45, 2.75) is 20.3 Å². The van der Waals surface area contributed by atoms with Gasteiger partial charge in [0, 0.05) is 31.8 Å². The van der Waals surface area contributed by atoms with Crippen molar-refractivity contribution in [1.82, 2.24) is 10.2 Å². The van der Waals surface area contributed by atoms with Crippen LogP contribution < -0.4 is 5.32 Å². The highest BCUT2D eigenvalue weighted by Gasteiger charge is 2.26. The van der Waals surface area contributed by atoms with E-state index in [1.807, 2.05) is 0 Å². The van der Waals surface area contributed by atoms with E-state index >= 15 is 0 Å². The smallest absolute Gasteiger partial charge is 0.309 e. The van der Waals surface area contributed by atoms with Crippen LogP contribution in [0.25, 0.3) is 0 Å². The Labute approximate surface area is 130 Å². The van der Waals surface area contributed by atoms with Gasteiger partial charge in [-0.1, -0.05) is 0 Å². The highest BCUT2D eigenvalue weighted by molar-refractivity contribution is 5.97. The number of carbonyl (C=O) groups is 3. The lowest BCUT2D eigenvalue weighted by molar-refractivity contribution is -0.147. The summed E-state index contributed by atoms with van der Waals surface area (Å²) in [6.07, 6.45) is 0.339. The topological polar surface area (TPSA) is 86.7 Å². The van der Waals surface area contributed by atoms with Gasteiger partial charge < -0.3 is 15.3 Å². The van der Waals surface area contributed by atoms with Crippen LogP contribution in [0, 0.1) is 5.41 Å². The lowest BCUT2D eigenvalue weighted by atomic mass is 9.90. The molecule has 2 amide bonds. The fourth-order valence-electron chi connectivity index (χ4n) is 1.72. The summed E-state index contributed by atoms with van der Waals surface area (Å²) in [7, 11) is 3.32. The van der Waals surface area contributed by atoms with E-state index in [1.54, 1.807) is 52.2 Å². The predicted molar refractivity (Wildman–Crippen MR) is 82.8 cm³/mol. The van der Waals surface area contributed by atoms with E-state index in [4.69, 9.17) is 5.11 Å². The van der Waals surface area contributed by atoms with E-state index in [-0.39, 0.29) is 18.4 Å². The van der Waals surface area contributed by atoms with Crippen molar-refractivity contribution in [2.24, 2.45) is 5.41 Å². The minimum atomic E-state index is -0.895. The van der Waals surface area contributed by atoms with Gasteiger partial charge in [-0.3, -0.25) is 14.4 Å². The molecule has 0 saturated heterocycles. The number of carboxylic acids is 1. The first-order chi connectivity index (χ1) is 10.1. The molecule has 1 rings (SSSR count). The Bertz CT molecular complexity index is 562. The van der Waals surface area contributed by atoms with Crippen LogP contribution in [0.4, 0.5) is 0 Å². The quantitative estimate of drug-likeness (QED) is 0.836. The monoisotopic (exact) mass is 306 g/mol. The molecule has 0 unspecified atom stereocenters. The van der Waals surface area contributed by atoms with E-state index in [1.165, 1.54) is 4.90 Å². The number of carboxylic acid groups (broad SMARTS) is 1. The molecular formula is C16H22N2O4. The number of hydrogen-bond acceptors (Lipinski definition) is 3. The van der Waals surface area contributed by atoms with Crippen molar-refractivity contribution in [3.63, 3.8) is 0 Å². The summed E-state index contributed by atoms with van der Waals surface area (Å²) < 4.78 is 0. The van der Waals surface area contributed by atoms with Gasteiger partial charge in [0.2, 0.25) is 0 Å². The second-order valence-electron chi connectivity index (χ2n) is 5.97. The number of aliphatic carboxylic acids is 1. The van der Waals surface area contributed by atoms with Gasteiger partial charge in [0.25, 0.3) is 11.8 Å². The molecule has 0 aliphatic carbocycles. The number of nitrogens with zero attached hydrogens (tertiary/aromatic N) is 1. The van der Waals surface area contributed by atoms with Gasteiger partial charge in [0.05, 0.1) is 5.41 Å². The highest BCUT2D eigenvalue weighted by Crippen LogP contribution is 2.19. The van der Waals surface area contributed by atoms with E-state index in [0.29, 0.717) is 17.5 Å². The third kappa shape index (κ3) is 4.58. The fraction of sp³-hybridized carbons (Fsp3) is 0.438. The SMILES string of the molecule is CN(C)C(=O)c1ccc(C(=O)NCCC(C)(C)C(=O)O)cc1. The summed E-state index contributed by atoms with van der Waals surface area (Å²) in [6, 6.07) is 6.35. The van der Waals surface area contributed by atoms with E-state index in [2.05, 4.69) is 5.32 Å². The summed E-state index contributed by atoms with van der Waals surface area (Å²) in [5, 5.41) is 11.7. The molecule has 0 aliphatic rings. The fourth-order valence-corrected chi connectivity index (χ4v) is 1.72. The molecule has 0 saturated carbocycles. The number of amides is 2. The molecule has 0 aliphatic heterocycles. The van der Waals surface area contributed by atoms with Gasteiger partial charge in [-0.25, -0.2) is 0 Å². The molecule has 0 fully saturated rings. The number of benzene rings is 1. The van der Waals surface area contributed by atoms with Crippen LogP contribution in [0.3, 0.4) is 0 Å². The standard InChI is InChI=1S/C16H22N2O4/c1-16(2,15(21)22)9-10-17-13(19)11-5-7-12(8-6-11)14(20)18(3)4/h5-8H,9-10H2,1-4H3,(H,17,19)(H,21,22). The van der Waals surface area contributed by atoms with E-state index in [9.17, 15) is 14.4 Å². The van der Waals surface area contributed by atoms with Crippen molar-refractivity contribution in [3.05, 3.63) is 35.4 Å². The third-order valence-electron chi connectivity index (χ3n) is 3.41. The molecular weight excluding hydrogens is 284 g/mol. The molecule has 6 nitrogen and oxygen atoms in total. The van der Waals surface area contributed by atoms with Gasteiger partial charge in [-0.05, 0) is 44.5 Å². The zero-order valence-corrected chi connectivity index (χ0v) is 13.3. The van der Waals surface area contributed by atoms with Crippen molar-refractivity contribution in [2.75, 3.05) is 20.6 Å². The Morgan fingerprint density at radius 1 is 1.09 bits per heavy atom. The summed E-state index contributed by atoms with van der Waals surface area (Å²) in [5.74, 6) is -1.31. The normalized spacial score (nSPS) is 10.9. The maximum atomic E-state index is 12.0. The maximum Gasteiger partial charge on any atom is 0.309 e. The average molecular weight is 306 g/mol. The van der Waals surface area contributed by atoms with Crippen LogP contribution in [0.1, 0.15) is 41.0 Å². The van der Waals surface area contributed by atoms with Crippen LogP contribution >= 0.6 is 0 Å². The number of rotatable bonds is 6. The van der Waals surface area contributed by atoms with Gasteiger partial charge in [0.15, 0.2) is 0 Å². The third-order valence-corrected chi connectivity index (χ3v) is 3.41. The predicted octanol–water partition coefficient (Wildman–Crippen LogP) is 1.62. The van der Waals surface area contributed by atoms with Gasteiger partial charge in [-0.15, -0.1) is 0 Å². The maximum absolute atomic E-state index is 12.0. The molecule has 0 bridgehead atoms. The Kier molecular flexibility index (Phi) is 5.68. The summed E-state index contributed by atoms with van der Waals surface area (Å²) in [4.78, 5) is 36.1. The molecule has 120 valence electrons. The van der Waals surface area contributed by atoms with Crippen LogP contribution in [-0.2, 0) is 4.79 Å². The van der Waals surface area contributed by atoms with Crippen LogP contribution in [0.5, 0.6) is 0 Å². The Hall–Kier alpha value is -2.37. The molecule has 0 spiro atoms. The molecule has 2 N–H and O–H groups in total. The zero-order chi connectivity index (χ0) is 16.9. The summed E-state index contributed by atoms with van der Waals surface area (Å²) >= 11 is 0. The van der Waals surface area contributed by atoms with Crippen LogP contribution in [0.15, 0.2) is 24.3 Å². The van der Waals surface area contributed by atoms with Crippen LogP contribution in [0.2, 0.25) is 0 Å². The minimum absolute atomic E-state index is 0.129. The summed E-state index contributed by atoms with van der Waals surface area (Å²) in [5.41, 5.74) is 0.0620. The lowest BCUT2D eigenvalue weighted by Gasteiger charge is -2.18. The van der Waals surface area contributed by atoms with Gasteiger partial charge in [0.1, 0.15) is 0 Å². The first-order valence-corrected chi connectivity index (χ1v) is 6.98. The number of nitrogens with one attached hydrogen (secondary N) is 1. The van der Waals surface area contributed by atoms with Gasteiger partial charge >= 0.3 is 5.97 Å². The lowest BCUT2D eigenvalue weighted by Crippen LogP contribution is -2.32.